The Hall–Kier alpha value is -2.90. The van der Waals surface area contributed by atoms with Gasteiger partial charge in [-0.05, 0) is 62.3 Å². The first-order valence-corrected chi connectivity index (χ1v) is 11.0. The number of amides is 1. The topological polar surface area (TPSA) is 81.6 Å². The van der Waals surface area contributed by atoms with Crippen molar-refractivity contribution in [1.29, 1.82) is 0 Å². The van der Waals surface area contributed by atoms with E-state index in [0.29, 0.717) is 17.9 Å². The molecule has 8 heteroatoms. The summed E-state index contributed by atoms with van der Waals surface area (Å²) in [5, 5.41) is 0.123. The van der Waals surface area contributed by atoms with Crippen molar-refractivity contribution in [3.8, 4) is 28.5 Å². The van der Waals surface area contributed by atoms with Gasteiger partial charge in [0.2, 0.25) is 5.89 Å². The van der Waals surface area contributed by atoms with Crippen LogP contribution >= 0.6 is 11.6 Å². The van der Waals surface area contributed by atoms with Gasteiger partial charge in [0.25, 0.3) is 5.91 Å². The molecule has 0 aliphatic rings. The van der Waals surface area contributed by atoms with E-state index >= 15 is 0 Å². The number of hydrogen-bond donors (Lipinski definition) is 1. The molecule has 0 bridgehead atoms. The summed E-state index contributed by atoms with van der Waals surface area (Å²) in [6, 6.07) is 11.3. The third-order valence-electron chi connectivity index (χ3n) is 4.91. The molecule has 2 N–H and O–H groups in total. The number of carbonyl (C=O) groups excluding carboxylic acids is 1. The first-order valence-electron chi connectivity index (χ1n) is 10.6. The quantitative estimate of drug-likeness (QED) is 0.415. The first-order chi connectivity index (χ1) is 15.4. The number of carbonyl (C=O) groups is 1. The molecule has 1 aromatic heterocycles. The minimum atomic E-state index is -0.783. The van der Waals surface area contributed by atoms with Gasteiger partial charge in [0.05, 0.1) is 10.6 Å². The molecule has 0 spiro atoms. The van der Waals surface area contributed by atoms with Gasteiger partial charge in [0, 0.05) is 12.1 Å². The van der Waals surface area contributed by atoms with Gasteiger partial charge < -0.3 is 14.9 Å². The van der Waals surface area contributed by atoms with E-state index in [9.17, 15) is 9.18 Å². The van der Waals surface area contributed by atoms with Gasteiger partial charge in [-0.2, -0.15) is 0 Å². The fraction of sp³-hybridized carbons (Fsp3) is 0.333. The largest absolute Gasteiger partial charge is 0.492 e. The zero-order chi connectivity index (χ0) is 23.1. The van der Waals surface area contributed by atoms with Crippen LogP contribution in [0, 0.1) is 5.82 Å². The lowest BCUT2D eigenvalue weighted by Crippen LogP contribution is -2.30. The lowest BCUT2D eigenvalue weighted by atomic mass is 10.1. The molecule has 0 saturated carbocycles. The maximum absolute atomic E-state index is 14.3. The van der Waals surface area contributed by atoms with E-state index in [-0.39, 0.29) is 27.9 Å². The van der Waals surface area contributed by atoms with Crippen molar-refractivity contribution in [2.24, 2.45) is 5.73 Å². The van der Waals surface area contributed by atoms with E-state index in [2.05, 4.69) is 23.7 Å². The van der Waals surface area contributed by atoms with Crippen molar-refractivity contribution in [3.05, 3.63) is 59.0 Å². The predicted molar refractivity (Wildman–Crippen MR) is 123 cm³/mol. The molecule has 0 aliphatic carbocycles. The third-order valence-corrected chi connectivity index (χ3v) is 5.22. The Kier molecular flexibility index (Phi) is 8.25. The number of benzene rings is 2. The van der Waals surface area contributed by atoms with Gasteiger partial charge in [-0.25, -0.2) is 9.37 Å². The van der Waals surface area contributed by atoms with E-state index in [1.165, 1.54) is 18.2 Å². The van der Waals surface area contributed by atoms with E-state index in [1.807, 2.05) is 0 Å². The monoisotopic (exact) mass is 459 g/mol. The number of nitrogens with two attached hydrogens (primary N) is 1. The number of halogens is 2. The SMILES string of the molecule is CCCN(CCC)CCOc1ccc(-c2oc(-c3c(F)cccc3Cl)nc2C(N)=O)cc1. The summed E-state index contributed by atoms with van der Waals surface area (Å²) < 4.78 is 25.9. The molecule has 32 heavy (non-hydrogen) atoms. The summed E-state index contributed by atoms with van der Waals surface area (Å²) in [6.07, 6.45) is 2.21. The fourth-order valence-electron chi connectivity index (χ4n) is 3.45. The number of hydrogen-bond acceptors (Lipinski definition) is 5. The summed E-state index contributed by atoms with van der Waals surface area (Å²) in [6.45, 7) is 7.85. The highest BCUT2D eigenvalue weighted by atomic mass is 35.5. The van der Waals surface area contributed by atoms with Crippen molar-refractivity contribution in [2.75, 3.05) is 26.2 Å². The standard InChI is InChI=1S/C24H27ClFN3O3/c1-3-12-29(13-4-2)14-15-31-17-10-8-16(9-11-17)22-21(23(27)30)28-24(32-22)20-18(25)6-5-7-19(20)26/h5-11H,3-4,12-15H2,1-2H3,(H2,27,30). The molecular weight excluding hydrogens is 433 g/mol. The molecule has 6 nitrogen and oxygen atoms in total. The van der Waals surface area contributed by atoms with Crippen LogP contribution in [-0.2, 0) is 0 Å². The van der Waals surface area contributed by atoms with Gasteiger partial charge in [-0.3, -0.25) is 9.69 Å². The predicted octanol–water partition coefficient (Wildman–Crippen LogP) is 5.40. The molecule has 0 radical (unpaired) electrons. The maximum Gasteiger partial charge on any atom is 0.271 e. The van der Waals surface area contributed by atoms with Crippen LogP contribution in [0.1, 0.15) is 37.2 Å². The van der Waals surface area contributed by atoms with Crippen LogP contribution in [0.15, 0.2) is 46.9 Å². The average Bonchev–Trinajstić information content (AvgIpc) is 3.20. The van der Waals surface area contributed by atoms with Crippen LogP contribution in [0.5, 0.6) is 5.75 Å². The van der Waals surface area contributed by atoms with Gasteiger partial charge >= 0.3 is 0 Å². The molecule has 1 amide bonds. The van der Waals surface area contributed by atoms with Crippen LogP contribution in [0.4, 0.5) is 4.39 Å². The molecule has 1 heterocycles. The van der Waals surface area contributed by atoms with Gasteiger partial charge in [-0.15, -0.1) is 0 Å². The zero-order valence-corrected chi connectivity index (χ0v) is 19.0. The fourth-order valence-corrected chi connectivity index (χ4v) is 3.70. The Bertz CT molecular complexity index is 1030. The zero-order valence-electron chi connectivity index (χ0n) is 18.2. The highest BCUT2D eigenvalue weighted by molar-refractivity contribution is 6.33. The number of nitrogens with zero attached hydrogens (tertiary/aromatic N) is 2. The molecule has 3 rings (SSSR count). The molecule has 0 atom stereocenters. The van der Waals surface area contributed by atoms with Crippen molar-refractivity contribution in [1.82, 2.24) is 9.88 Å². The van der Waals surface area contributed by atoms with Crippen molar-refractivity contribution in [3.63, 3.8) is 0 Å². The second-order valence-electron chi connectivity index (χ2n) is 7.37. The molecule has 0 unspecified atom stereocenters. The van der Waals surface area contributed by atoms with E-state index in [4.69, 9.17) is 26.5 Å². The molecule has 0 saturated heterocycles. The van der Waals surface area contributed by atoms with E-state index in [1.54, 1.807) is 24.3 Å². The second kappa shape index (κ2) is 11.1. The second-order valence-corrected chi connectivity index (χ2v) is 7.78. The molecule has 0 fully saturated rings. The minimum Gasteiger partial charge on any atom is -0.492 e. The summed E-state index contributed by atoms with van der Waals surface area (Å²) in [4.78, 5) is 18.4. The normalized spacial score (nSPS) is 11.2. The van der Waals surface area contributed by atoms with Crippen molar-refractivity contribution in [2.45, 2.75) is 26.7 Å². The lowest BCUT2D eigenvalue weighted by molar-refractivity contribution is 0.0996. The third kappa shape index (κ3) is 5.66. The smallest absolute Gasteiger partial charge is 0.271 e. The molecule has 2 aromatic carbocycles. The minimum absolute atomic E-state index is 0.0217. The highest BCUT2D eigenvalue weighted by Gasteiger charge is 2.23. The number of primary amides is 1. The highest BCUT2D eigenvalue weighted by Crippen LogP contribution is 2.35. The Labute approximate surface area is 192 Å². The first kappa shape index (κ1) is 23.8. The van der Waals surface area contributed by atoms with Crippen molar-refractivity contribution >= 4 is 17.5 Å². The summed E-state index contributed by atoms with van der Waals surface area (Å²) >= 11 is 6.11. The molecular formula is C24H27ClFN3O3. The van der Waals surface area contributed by atoms with Crippen LogP contribution in [0.2, 0.25) is 5.02 Å². The van der Waals surface area contributed by atoms with Crippen LogP contribution < -0.4 is 10.5 Å². The Morgan fingerprint density at radius 3 is 2.41 bits per heavy atom. The summed E-state index contributed by atoms with van der Waals surface area (Å²) in [7, 11) is 0. The number of oxazole rings is 1. The molecule has 170 valence electrons. The summed E-state index contributed by atoms with van der Waals surface area (Å²) in [5.74, 6) is -0.654. The Balaban J connectivity index is 1.78. The van der Waals surface area contributed by atoms with E-state index < -0.39 is 11.7 Å². The Morgan fingerprint density at radius 2 is 1.81 bits per heavy atom. The van der Waals surface area contributed by atoms with Crippen LogP contribution in [0.25, 0.3) is 22.8 Å². The maximum atomic E-state index is 14.3. The van der Waals surface area contributed by atoms with Crippen LogP contribution in [-0.4, -0.2) is 42.0 Å². The Morgan fingerprint density at radius 1 is 1.12 bits per heavy atom. The number of rotatable bonds is 11. The van der Waals surface area contributed by atoms with Gasteiger partial charge in [0.1, 0.15) is 18.2 Å². The number of ether oxygens (including phenoxy) is 1. The van der Waals surface area contributed by atoms with Crippen LogP contribution in [0.3, 0.4) is 0 Å². The molecule has 0 aliphatic heterocycles. The average molecular weight is 460 g/mol. The summed E-state index contributed by atoms with van der Waals surface area (Å²) in [5.41, 5.74) is 5.92. The van der Waals surface area contributed by atoms with Gasteiger partial charge in [0.15, 0.2) is 11.5 Å². The number of aromatic nitrogens is 1. The van der Waals surface area contributed by atoms with E-state index in [0.717, 1.165) is 32.5 Å². The molecule has 3 aromatic rings. The lowest BCUT2D eigenvalue weighted by Gasteiger charge is -2.20. The van der Waals surface area contributed by atoms with Crippen molar-refractivity contribution < 1.29 is 18.3 Å². The van der Waals surface area contributed by atoms with Gasteiger partial charge in [-0.1, -0.05) is 31.5 Å².